The summed E-state index contributed by atoms with van der Waals surface area (Å²) in [5.74, 6) is 0.201. The van der Waals surface area contributed by atoms with Gasteiger partial charge in [-0.1, -0.05) is 57.0 Å². The molecule has 2 aromatic carbocycles. The highest BCUT2D eigenvalue weighted by atomic mass is 32.2. The maximum absolute atomic E-state index is 12.7. The number of benzene rings is 2. The van der Waals surface area contributed by atoms with Crippen LogP contribution in [0.5, 0.6) is 11.5 Å². The second-order valence-corrected chi connectivity index (χ2v) is 8.86. The summed E-state index contributed by atoms with van der Waals surface area (Å²) in [7, 11) is 0. The molecule has 0 aromatic heterocycles. The molecule has 2 N–H and O–H groups in total. The first-order valence-electron chi connectivity index (χ1n) is 9.99. The van der Waals surface area contributed by atoms with Crippen molar-refractivity contribution in [2.75, 3.05) is 0 Å². The van der Waals surface area contributed by atoms with Gasteiger partial charge in [-0.2, -0.15) is 0 Å². The predicted octanol–water partition coefficient (Wildman–Crippen LogP) is 5.16. The average molecular weight is 414 g/mol. The molecule has 3 rings (SSSR count). The van der Waals surface area contributed by atoms with E-state index in [1.54, 1.807) is 11.8 Å². The van der Waals surface area contributed by atoms with Crippen molar-refractivity contribution in [1.29, 1.82) is 0 Å². The normalized spacial score (nSPS) is 22.1. The Bertz CT molecular complexity index is 857. The van der Waals surface area contributed by atoms with Gasteiger partial charge < -0.3 is 15.2 Å². The minimum Gasteiger partial charge on any atom is -0.481 e. The Hall–Kier alpha value is -2.47. The van der Waals surface area contributed by atoms with Crippen LogP contribution in [-0.4, -0.2) is 22.2 Å². The highest BCUT2D eigenvalue weighted by molar-refractivity contribution is 8.02. The van der Waals surface area contributed by atoms with Crippen molar-refractivity contribution >= 4 is 23.6 Å². The maximum Gasteiger partial charge on any atom is 0.303 e. The molecule has 1 aliphatic rings. The van der Waals surface area contributed by atoms with E-state index in [1.165, 1.54) is 0 Å². The highest BCUT2D eigenvalue weighted by Crippen LogP contribution is 2.50. The number of hydrogen-bond acceptors (Lipinski definition) is 4. The van der Waals surface area contributed by atoms with E-state index in [1.807, 2.05) is 61.5 Å². The lowest BCUT2D eigenvalue weighted by Crippen LogP contribution is -2.43. The Labute approximate surface area is 175 Å². The van der Waals surface area contributed by atoms with Crippen molar-refractivity contribution in [3.63, 3.8) is 0 Å². The number of carboxylic acids is 1. The van der Waals surface area contributed by atoms with Crippen LogP contribution in [0.2, 0.25) is 0 Å². The van der Waals surface area contributed by atoms with Crippen molar-refractivity contribution in [3.8, 4) is 11.5 Å². The molecule has 2 aromatic rings. The average Bonchev–Trinajstić information content (AvgIpc) is 3.04. The molecule has 5 nitrogen and oxygen atoms in total. The van der Waals surface area contributed by atoms with E-state index in [9.17, 15) is 14.7 Å². The SMILES string of the molecule is CCCCC1SC(c2cccc(Oc3ccccc3)c2)(C(C)CC(=O)O)NC1=O. The summed E-state index contributed by atoms with van der Waals surface area (Å²) in [5.41, 5.74) is 0.858. The van der Waals surface area contributed by atoms with Crippen LogP contribution >= 0.6 is 11.8 Å². The van der Waals surface area contributed by atoms with Crippen LogP contribution in [0.4, 0.5) is 0 Å². The van der Waals surface area contributed by atoms with Gasteiger partial charge in [0.05, 0.1) is 11.7 Å². The molecule has 29 heavy (non-hydrogen) atoms. The van der Waals surface area contributed by atoms with Gasteiger partial charge in [-0.05, 0) is 36.2 Å². The molecule has 1 fully saturated rings. The lowest BCUT2D eigenvalue weighted by Gasteiger charge is -2.35. The van der Waals surface area contributed by atoms with E-state index in [-0.39, 0.29) is 23.5 Å². The van der Waals surface area contributed by atoms with E-state index in [4.69, 9.17) is 4.74 Å². The zero-order valence-corrected chi connectivity index (χ0v) is 17.6. The van der Waals surface area contributed by atoms with Crippen LogP contribution < -0.4 is 10.1 Å². The molecule has 1 saturated heterocycles. The third-order valence-corrected chi connectivity index (χ3v) is 7.01. The molecular weight excluding hydrogens is 386 g/mol. The number of hydrogen-bond donors (Lipinski definition) is 2. The van der Waals surface area contributed by atoms with E-state index in [0.29, 0.717) is 5.75 Å². The lowest BCUT2D eigenvalue weighted by atomic mass is 9.90. The second-order valence-electron chi connectivity index (χ2n) is 7.42. The molecule has 3 unspecified atom stereocenters. The van der Waals surface area contributed by atoms with Gasteiger partial charge in [0.15, 0.2) is 0 Å². The Balaban J connectivity index is 1.93. The van der Waals surface area contributed by atoms with Crippen molar-refractivity contribution < 1.29 is 19.4 Å². The van der Waals surface area contributed by atoms with Gasteiger partial charge in [-0.15, -0.1) is 11.8 Å². The topological polar surface area (TPSA) is 75.6 Å². The fourth-order valence-corrected chi connectivity index (χ4v) is 5.27. The number of ether oxygens (including phenoxy) is 1. The van der Waals surface area contributed by atoms with Crippen LogP contribution in [0, 0.1) is 5.92 Å². The lowest BCUT2D eigenvalue weighted by molar-refractivity contribution is -0.138. The number of para-hydroxylation sites is 1. The molecule has 0 bridgehead atoms. The Morgan fingerprint density at radius 3 is 2.62 bits per heavy atom. The largest absolute Gasteiger partial charge is 0.481 e. The van der Waals surface area contributed by atoms with Crippen LogP contribution in [-0.2, 0) is 14.5 Å². The van der Waals surface area contributed by atoms with Gasteiger partial charge in [0.1, 0.15) is 16.4 Å². The van der Waals surface area contributed by atoms with Crippen molar-refractivity contribution in [3.05, 3.63) is 60.2 Å². The molecule has 6 heteroatoms. The summed E-state index contributed by atoms with van der Waals surface area (Å²) in [6.07, 6.45) is 2.74. The number of thioether (sulfide) groups is 1. The van der Waals surface area contributed by atoms with E-state index in [0.717, 1.165) is 30.6 Å². The summed E-state index contributed by atoms with van der Waals surface area (Å²) in [4.78, 5) is 23.4. The molecular formula is C23H27NO4S. The number of rotatable bonds is 9. The fourth-order valence-electron chi connectivity index (χ4n) is 3.64. The maximum atomic E-state index is 12.7. The molecule has 1 heterocycles. The second kappa shape index (κ2) is 9.35. The molecule has 3 atom stereocenters. The predicted molar refractivity (Wildman–Crippen MR) is 115 cm³/mol. The molecule has 154 valence electrons. The van der Waals surface area contributed by atoms with E-state index < -0.39 is 10.8 Å². The Morgan fingerprint density at radius 1 is 1.21 bits per heavy atom. The number of unbranched alkanes of at least 4 members (excludes halogenated alkanes) is 1. The van der Waals surface area contributed by atoms with Crippen LogP contribution in [0.15, 0.2) is 54.6 Å². The molecule has 0 spiro atoms. The third kappa shape index (κ3) is 4.93. The highest BCUT2D eigenvalue weighted by Gasteiger charge is 2.50. The first kappa shape index (κ1) is 21.2. The monoisotopic (exact) mass is 413 g/mol. The summed E-state index contributed by atoms with van der Waals surface area (Å²) in [6, 6.07) is 17.1. The minimum atomic E-state index is -0.875. The number of carbonyl (C=O) groups is 2. The summed E-state index contributed by atoms with van der Waals surface area (Å²) in [5, 5.41) is 12.3. The van der Waals surface area contributed by atoms with Gasteiger partial charge >= 0.3 is 5.97 Å². The molecule has 0 saturated carbocycles. The van der Waals surface area contributed by atoms with E-state index >= 15 is 0 Å². The summed E-state index contributed by atoms with van der Waals surface area (Å²) in [6.45, 7) is 3.98. The van der Waals surface area contributed by atoms with Crippen LogP contribution in [0.25, 0.3) is 0 Å². The third-order valence-electron chi connectivity index (χ3n) is 5.17. The van der Waals surface area contributed by atoms with Crippen LogP contribution in [0.1, 0.15) is 45.1 Å². The smallest absolute Gasteiger partial charge is 0.303 e. The van der Waals surface area contributed by atoms with Gasteiger partial charge in [0, 0.05) is 5.92 Å². The van der Waals surface area contributed by atoms with Crippen molar-refractivity contribution in [1.82, 2.24) is 5.32 Å². The zero-order valence-electron chi connectivity index (χ0n) is 16.8. The van der Waals surface area contributed by atoms with Gasteiger partial charge in [0.2, 0.25) is 5.91 Å². The first-order chi connectivity index (χ1) is 13.9. The Morgan fingerprint density at radius 2 is 1.93 bits per heavy atom. The standard InChI is InChI=1S/C23H27NO4S/c1-3-4-13-20-22(27)24-23(29-20,16(2)14-21(25)26)17-9-8-12-19(15-17)28-18-10-6-5-7-11-18/h5-12,15-16,20H,3-4,13-14H2,1-2H3,(H,24,27)(H,25,26). The van der Waals surface area contributed by atoms with Gasteiger partial charge in [0.25, 0.3) is 0 Å². The quantitative estimate of drug-likeness (QED) is 0.593. The van der Waals surface area contributed by atoms with Crippen molar-refractivity contribution in [2.24, 2.45) is 5.92 Å². The first-order valence-corrected chi connectivity index (χ1v) is 10.9. The van der Waals surface area contributed by atoms with Crippen molar-refractivity contribution in [2.45, 2.75) is 49.7 Å². The van der Waals surface area contributed by atoms with Gasteiger partial charge in [-0.3, -0.25) is 9.59 Å². The number of aliphatic carboxylic acids is 1. The number of amides is 1. The number of nitrogens with one attached hydrogen (secondary N) is 1. The molecule has 0 aliphatic carbocycles. The number of carboxylic acid groups (broad SMARTS) is 1. The zero-order chi connectivity index (χ0) is 20.9. The Kier molecular flexibility index (Phi) is 6.85. The number of carbonyl (C=O) groups excluding carboxylic acids is 1. The minimum absolute atomic E-state index is 0.0185. The molecule has 1 amide bonds. The summed E-state index contributed by atoms with van der Waals surface area (Å²) >= 11 is 1.54. The van der Waals surface area contributed by atoms with E-state index in [2.05, 4.69) is 12.2 Å². The fraction of sp³-hybridized carbons (Fsp3) is 0.391. The van der Waals surface area contributed by atoms with Gasteiger partial charge in [-0.25, -0.2) is 0 Å². The van der Waals surface area contributed by atoms with Crippen LogP contribution in [0.3, 0.4) is 0 Å². The molecule has 0 radical (unpaired) electrons. The molecule has 1 aliphatic heterocycles. The summed E-state index contributed by atoms with van der Waals surface area (Å²) < 4.78 is 5.96.